The van der Waals surface area contributed by atoms with E-state index in [1.165, 1.54) is 0 Å². The molecule has 1 aliphatic carbocycles. The highest BCUT2D eigenvalue weighted by atomic mass is 32.1. The van der Waals surface area contributed by atoms with Gasteiger partial charge >= 0.3 is 12.0 Å². The Morgan fingerprint density at radius 3 is 2.85 bits per heavy atom. The van der Waals surface area contributed by atoms with E-state index in [-0.39, 0.29) is 25.0 Å². The van der Waals surface area contributed by atoms with Gasteiger partial charge in [0.1, 0.15) is 0 Å². The molecular formula is C13H19N3O3S. The first-order chi connectivity index (χ1) is 9.56. The van der Waals surface area contributed by atoms with Crippen LogP contribution in [0, 0.1) is 6.92 Å². The molecule has 2 amide bonds. The Labute approximate surface area is 121 Å². The second-order valence-corrected chi connectivity index (χ2v) is 5.97. The van der Waals surface area contributed by atoms with Gasteiger partial charge in [0, 0.05) is 30.9 Å². The normalized spacial score (nSPS) is 14.1. The van der Waals surface area contributed by atoms with Crippen LogP contribution in [0.25, 0.3) is 0 Å². The molecule has 1 saturated carbocycles. The third kappa shape index (κ3) is 4.48. The highest BCUT2D eigenvalue weighted by Gasteiger charge is 2.32. The molecule has 0 aliphatic heterocycles. The summed E-state index contributed by atoms with van der Waals surface area (Å²) in [7, 11) is 0. The first-order valence-corrected chi connectivity index (χ1v) is 7.61. The molecule has 20 heavy (non-hydrogen) atoms. The van der Waals surface area contributed by atoms with E-state index in [9.17, 15) is 9.59 Å². The van der Waals surface area contributed by atoms with Gasteiger partial charge in [0.25, 0.3) is 0 Å². The zero-order valence-corrected chi connectivity index (χ0v) is 12.3. The molecule has 1 aromatic heterocycles. The second kappa shape index (κ2) is 6.69. The predicted molar refractivity (Wildman–Crippen MR) is 75.9 cm³/mol. The molecule has 0 bridgehead atoms. The van der Waals surface area contributed by atoms with E-state index >= 15 is 0 Å². The number of nitrogens with one attached hydrogen (secondary N) is 1. The van der Waals surface area contributed by atoms with Crippen LogP contribution in [0.2, 0.25) is 0 Å². The standard InChI is InChI=1S/C13H19N3O3S/c1-9-15-10(8-20-9)4-6-14-13(19)16(11-2-3-11)7-5-12(17)18/h8,11H,2-7H2,1H3,(H,14,19)(H,17,18). The van der Waals surface area contributed by atoms with Crippen molar-refractivity contribution in [1.29, 1.82) is 0 Å². The number of thiazole rings is 1. The van der Waals surface area contributed by atoms with Crippen molar-refractivity contribution < 1.29 is 14.7 Å². The van der Waals surface area contributed by atoms with Gasteiger partial charge in [0.15, 0.2) is 0 Å². The fourth-order valence-corrected chi connectivity index (χ4v) is 2.62. The fourth-order valence-electron chi connectivity index (χ4n) is 1.97. The van der Waals surface area contributed by atoms with Crippen LogP contribution in [-0.2, 0) is 11.2 Å². The number of nitrogens with zero attached hydrogens (tertiary/aromatic N) is 2. The Bertz CT molecular complexity index is 485. The van der Waals surface area contributed by atoms with Crippen LogP contribution in [0.1, 0.15) is 30.0 Å². The smallest absolute Gasteiger partial charge is 0.317 e. The van der Waals surface area contributed by atoms with E-state index in [0.717, 1.165) is 23.5 Å². The van der Waals surface area contributed by atoms with Gasteiger partial charge in [-0.1, -0.05) is 0 Å². The van der Waals surface area contributed by atoms with E-state index in [4.69, 9.17) is 5.11 Å². The lowest BCUT2D eigenvalue weighted by molar-refractivity contribution is -0.137. The molecule has 110 valence electrons. The maximum absolute atomic E-state index is 12.0. The van der Waals surface area contributed by atoms with Crippen molar-refractivity contribution in [2.75, 3.05) is 13.1 Å². The topological polar surface area (TPSA) is 82.5 Å². The first kappa shape index (κ1) is 14.8. The quantitative estimate of drug-likeness (QED) is 0.801. The molecule has 6 nitrogen and oxygen atoms in total. The summed E-state index contributed by atoms with van der Waals surface area (Å²) in [4.78, 5) is 28.6. The second-order valence-electron chi connectivity index (χ2n) is 4.91. The lowest BCUT2D eigenvalue weighted by atomic mass is 10.3. The molecule has 0 aromatic carbocycles. The number of carboxylic acid groups (broad SMARTS) is 1. The molecule has 2 rings (SSSR count). The number of carbonyl (C=O) groups is 2. The Morgan fingerprint density at radius 2 is 2.30 bits per heavy atom. The number of hydrogen-bond donors (Lipinski definition) is 2. The molecule has 0 saturated heterocycles. The summed E-state index contributed by atoms with van der Waals surface area (Å²) >= 11 is 1.60. The van der Waals surface area contributed by atoms with Crippen molar-refractivity contribution in [3.8, 4) is 0 Å². The van der Waals surface area contributed by atoms with E-state index in [1.54, 1.807) is 16.2 Å². The van der Waals surface area contributed by atoms with Gasteiger partial charge in [-0.25, -0.2) is 9.78 Å². The molecular weight excluding hydrogens is 278 g/mol. The molecule has 1 aromatic rings. The third-order valence-electron chi connectivity index (χ3n) is 3.14. The Morgan fingerprint density at radius 1 is 1.55 bits per heavy atom. The molecule has 0 radical (unpaired) electrons. The summed E-state index contributed by atoms with van der Waals surface area (Å²) < 4.78 is 0. The molecule has 0 spiro atoms. The number of amides is 2. The van der Waals surface area contributed by atoms with Gasteiger partial charge in [-0.15, -0.1) is 11.3 Å². The van der Waals surface area contributed by atoms with Gasteiger partial charge in [0.2, 0.25) is 0 Å². The zero-order chi connectivity index (χ0) is 14.5. The molecule has 1 fully saturated rings. The molecule has 0 atom stereocenters. The van der Waals surface area contributed by atoms with Crippen molar-refractivity contribution in [2.45, 2.75) is 38.6 Å². The van der Waals surface area contributed by atoms with Crippen LogP contribution in [-0.4, -0.2) is 46.1 Å². The van der Waals surface area contributed by atoms with E-state index in [2.05, 4.69) is 10.3 Å². The average Bonchev–Trinajstić information content (AvgIpc) is 3.13. The summed E-state index contributed by atoms with van der Waals surface area (Å²) in [5, 5.41) is 14.6. The molecule has 1 heterocycles. The lowest BCUT2D eigenvalue weighted by Crippen LogP contribution is -2.43. The van der Waals surface area contributed by atoms with Gasteiger partial charge in [-0.3, -0.25) is 4.79 Å². The van der Waals surface area contributed by atoms with Crippen molar-refractivity contribution in [3.63, 3.8) is 0 Å². The zero-order valence-electron chi connectivity index (χ0n) is 11.5. The van der Waals surface area contributed by atoms with Crippen LogP contribution in [0.4, 0.5) is 4.79 Å². The van der Waals surface area contributed by atoms with Crippen LogP contribution >= 0.6 is 11.3 Å². The summed E-state index contributed by atoms with van der Waals surface area (Å²) in [5.74, 6) is -0.874. The largest absolute Gasteiger partial charge is 0.481 e. The predicted octanol–water partition coefficient (Wildman–Crippen LogP) is 1.64. The van der Waals surface area contributed by atoms with Gasteiger partial charge < -0.3 is 15.3 Å². The number of urea groups is 1. The Hall–Kier alpha value is -1.63. The van der Waals surface area contributed by atoms with Crippen LogP contribution in [0.3, 0.4) is 0 Å². The minimum Gasteiger partial charge on any atom is -0.481 e. The minimum atomic E-state index is -0.874. The summed E-state index contributed by atoms with van der Waals surface area (Å²) in [5.41, 5.74) is 0.983. The number of aromatic nitrogens is 1. The number of aryl methyl sites for hydroxylation is 1. The summed E-state index contributed by atoms with van der Waals surface area (Å²) in [6.07, 6.45) is 2.64. The third-order valence-corrected chi connectivity index (χ3v) is 3.96. The van der Waals surface area contributed by atoms with Gasteiger partial charge in [-0.2, -0.15) is 0 Å². The number of hydrogen-bond acceptors (Lipinski definition) is 4. The SMILES string of the molecule is Cc1nc(CCNC(=O)N(CCC(=O)O)C2CC2)cs1. The van der Waals surface area contributed by atoms with Crippen molar-refractivity contribution in [1.82, 2.24) is 15.2 Å². The summed E-state index contributed by atoms with van der Waals surface area (Å²) in [6.45, 7) is 2.76. The molecule has 1 aliphatic rings. The van der Waals surface area contributed by atoms with Crippen LogP contribution < -0.4 is 5.32 Å². The highest BCUT2D eigenvalue weighted by Crippen LogP contribution is 2.26. The van der Waals surface area contributed by atoms with Gasteiger partial charge in [-0.05, 0) is 19.8 Å². The van der Waals surface area contributed by atoms with E-state index in [1.807, 2.05) is 12.3 Å². The maximum atomic E-state index is 12.0. The van der Waals surface area contributed by atoms with E-state index in [0.29, 0.717) is 13.0 Å². The molecule has 2 N–H and O–H groups in total. The molecule has 0 unspecified atom stereocenters. The molecule has 7 heteroatoms. The maximum Gasteiger partial charge on any atom is 0.317 e. The van der Waals surface area contributed by atoms with Crippen molar-refractivity contribution in [3.05, 3.63) is 16.1 Å². The lowest BCUT2D eigenvalue weighted by Gasteiger charge is -2.21. The number of rotatable bonds is 7. The summed E-state index contributed by atoms with van der Waals surface area (Å²) in [6, 6.07) is 0.0524. The average molecular weight is 297 g/mol. The minimum absolute atomic E-state index is 0.00476. The number of carboxylic acids is 1. The fraction of sp³-hybridized carbons (Fsp3) is 0.615. The van der Waals surface area contributed by atoms with Crippen LogP contribution in [0.5, 0.6) is 0 Å². The monoisotopic (exact) mass is 297 g/mol. The number of carbonyl (C=O) groups excluding carboxylic acids is 1. The number of aliphatic carboxylic acids is 1. The van der Waals surface area contributed by atoms with Crippen molar-refractivity contribution >= 4 is 23.3 Å². The van der Waals surface area contributed by atoms with Crippen LogP contribution in [0.15, 0.2) is 5.38 Å². The Balaban J connectivity index is 1.75. The highest BCUT2D eigenvalue weighted by molar-refractivity contribution is 7.09. The van der Waals surface area contributed by atoms with Crippen molar-refractivity contribution in [2.24, 2.45) is 0 Å². The van der Waals surface area contributed by atoms with E-state index < -0.39 is 5.97 Å². The first-order valence-electron chi connectivity index (χ1n) is 6.73. The van der Waals surface area contributed by atoms with Gasteiger partial charge in [0.05, 0.1) is 17.1 Å². The Kier molecular flexibility index (Phi) is 4.94.